The summed E-state index contributed by atoms with van der Waals surface area (Å²) in [5.41, 5.74) is 1.31. The largest absolute Gasteiger partial charge is 0.357 e. The van der Waals surface area contributed by atoms with Crippen molar-refractivity contribution in [2.45, 2.75) is 46.0 Å². The van der Waals surface area contributed by atoms with Gasteiger partial charge in [0.05, 0.1) is 12.7 Å². The van der Waals surface area contributed by atoms with Gasteiger partial charge in [0, 0.05) is 45.2 Å². The lowest BCUT2D eigenvalue weighted by Crippen LogP contribution is -2.40. The molecule has 1 aliphatic heterocycles. The van der Waals surface area contributed by atoms with Crippen LogP contribution < -0.4 is 5.32 Å². The van der Waals surface area contributed by atoms with E-state index in [1.54, 1.807) is 0 Å². The van der Waals surface area contributed by atoms with Crippen molar-refractivity contribution in [1.29, 1.82) is 0 Å². The van der Waals surface area contributed by atoms with Crippen molar-refractivity contribution in [3.63, 3.8) is 0 Å². The van der Waals surface area contributed by atoms with Crippen LogP contribution in [0.5, 0.6) is 0 Å². The van der Waals surface area contributed by atoms with Crippen LogP contribution in [0.4, 0.5) is 0 Å². The Kier molecular flexibility index (Phi) is 8.71. The average molecular weight is 501 g/mol. The van der Waals surface area contributed by atoms with Crippen molar-refractivity contribution in [1.82, 2.24) is 30.1 Å². The summed E-state index contributed by atoms with van der Waals surface area (Å²) in [7, 11) is 1.97. The molecule has 28 heavy (non-hydrogen) atoms. The molecule has 0 radical (unpaired) electrons. The zero-order chi connectivity index (χ0) is 19.2. The second kappa shape index (κ2) is 10.8. The van der Waals surface area contributed by atoms with E-state index in [1.807, 2.05) is 17.9 Å². The highest BCUT2D eigenvalue weighted by Gasteiger charge is 2.25. The number of nitrogens with one attached hydrogen (secondary N) is 1. The van der Waals surface area contributed by atoms with E-state index in [0.29, 0.717) is 24.8 Å². The molecule has 1 atom stereocenters. The Morgan fingerprint density at radius 2 is 2.25 bits per heavy atom. The first-order valence-electron chi connectivity index (χ1n) is 9.88. The SMILES string of the molecule is CCNC(=NCCc1nc(C(C)C)no1)N1CCC(Cc2cnn(C)c2)C1.I. The highest BCUT2D eigenvalue weighted by Crippen LogP contribution is 2.20. The molecule has 2 aromatic rings. The second-order valence-corrected chi connectivity index (χ2v) is 7.51. The second-order valence-electron chi connectivity index (χ2n) is 7.51. The van der Waals surface area contributed by atoms with Crippen molar-refractivity contribution in [2.24, 2.45) is 18.0 Å². The van der Waals surface area contributed by atoms with Gasteiger partial charge in [-0.05, 0) is 31.2 Å². The summed E-state index contributed by atoms with van der Waals surface area (Å²) in [5, 5.41) is 11.7. The van der Waals surface area contributed by atoms with Gasteiger partial charge in [-0.25, -0.2) is 0 Å². The predicted molar refractivity (Wildman–Crippen MR) is 120 cm³/mol. The van der Waals surface area contributed by atoms with Crippen molar-refractivity contribution in [2.75, 3.05) is 26.2 Å². The summed E-state index contributed by atoms with van der Waals surface area (Å²) in [5.74, 6) is 3.33. The number of hydrogen-bond donors (Lipinski definition) is 1. The quantitative estimate of drug-likeness (QED) is 0.357. The fourth-order valence-corrected chi connectivity index (χ4v) is 3.39. The third-order valence-electron chi connectivity index (χ3n) is 4.79. The van der Waals surface area contributed by atoms with Gasteiger partial charge >= 0.3 is 0 Å². The summed E-state index contributed by atoms with van der Waals surface area (Å²) >= 11 is 0. The standard InChI is InChI=1S/C19H31N7O.HI/c1-5-20-19(21-8-6-17-23-18(14(2)3)24-27-17)26-9-7-15(13-26)10-16-11-22-25(4)12-16;/h11-12,14-15H,5-10,13H2,1-4H3,(H,20,21);1H. The van der Waals surface area contributed by atoms with E-state index in [0.717, 1.165) is 37.8 Å². The fourth-order valence-electron chi connectivity index (χ4n) is 3.39. The lowest BCUT2D eigenvalue weighted by molar-refractivity contribution is 0.372. The highest BCUT2D eigenvalue weighted by molar-refractivity contribution is 14.0. The minimum absolute atomic E-state index is 0. The Morgan fingerprint density at radius 1 is 1.43 bits per heavy atom. The lowest BCUT2D eigenvalue weighted by Gasteiger charge is -2.21. The van der Waals surface area contributed by atoms with Crippen LogP contribution in [0.2, 0.25) is 0 Å². The van der Waals surface area contributed by atoms with Crippen LogP contribution in [0.3, 0.4) is 0 Å². The van der Waals surface area contributed by atoms with Crippen LogP contribution in [0.15, 0.2) is 21.9 Å². The molecule has 1 aliphatic rings. The molecule has 8 nitrogen and oxygen atoms in total. The zero-order valence-corrected chi connectivity index (χ0v) is 19.6. The third kappa shape index (κ3) is 6.18. The van der Waals surface area contributed by atoms with Gasteiger partial charge in [-0.2, -0.15) is 10.1 Å². The number of halogens is 1. The zero-order valence-electron chi connectivity index (χ0n) is 17.3. The van der Waals surface area contributed by atoms with Crippen LogP contribution in [-0.2, 0) is 19.9 Å². The lowest BCUT2D eigenvalue weighted by atomic mass is 10.0. The number of rotatable bonds is 7. The first-order valence-corrected chi connectivity index (χ1v) is 9.88. The van der Waals surface area contributed by atoms with E-state index in [4.69, 9.17) is 9.52 Å². The number of aromatic nitrogens is 4. The van der Waals surface area contributed by atoms with E-state index in [2.05, 4.69) is 52.4 Å². The van der Waals surface area contributed by atoms with Gasteiger partial charge in [0.2, 0.25) is 5.89 Å². The number of guanidine groups is 1. The molecule has 2 aromatic heterocycles. The molecule has 1 fully saturated rings. The maximum Gasteiger partial charge on any atom is 0.228 e. The first-order chi connectivity index (χ1) is 13.0. The van der Waals surface area contributed by atoms with Gasteiger partial charge in [0.25, 0.3) is 0 Å². The maximum absolute atomic E-state index is 5.31. The van der Waals surface area contributed by atoms with Gasteiger partial charge in [-0.1, -0.05) is 19.0 Å². The molecular formula is C19H32IN7O. The summed E-state index contributed by atoms with van der Waals surface area (Å²) in [6.45, 7) is 9.79. The molecule has 0 aliphatic carbocycles. The summed E-state index contributed by atoms with van der Waals surface area (Å²) in [6, 6.07) is 0. The predicted octanol–water partition coefficient (Wildman–Crippen LogP) is 2.62. The minimum atomic E-state index is 0. The molecule has 1 N–H and O–H groups in total. The smallest absolute Gasteiger partial charge is 0.228 e. The molecule has 1 saturated heterocycles. The number of hydrogen-bond acceptors (Lipinski definition) is 5. The van der Waals surface area contributed by atoms with Crippen molar-refractivity contribution >= 4 is 29.9 Å². The van der Waals surface area contributed by atoms with Gasteiger partial charge in [-0.3, -0.25) is 9.67 Å². The van der Waals surface area contributed by atoms with Crippen LogP contribution >= 0.6 is 24.0 Å². The molecule has 0 amide bonds. The topological polar surface area (TPSA) is 84.4 Å². The van der Waals surface area contributed by atoms with Gasteiger partial charge in [-0.15, -0.1) is 24.0 Å². The van der Waals surface area contributed by atoms with Crippen molar-refractivity contribution in [3.05, 3.63) is 29.7 Å². The number of nitrogens with zero attached hydrogens (tertiary/aromatic N) is 6. The molecule has 0 spiro atoms. The Bertz CT molecular complexity index is 755. The molecule has 0 saturated carbocycles. The molecular weight excluding hydrogens is 469 g/mol. The van der Waals surface area contributed by atoms with Crippen LogP contribution in [0, 0.1) is 5.92 Å². The van der Waals surface area contributed by atoms with Crippen molar-refractivity contribution < 1.29 is 4.52 Å². The average Bonchev–Trinajstić information content (AvgIpc) is 3.36. The van der Waals surface area contributed by atoms with Gasteiger partial charge in [0.1, 0.15) is 0 Å². The van der Waals surface area contributed by atoms with Crippen LogP contribution in [0.1, 0.15) is 50.4 Å². The Hall–Kier alpha value is -1.65. The summed E-state index contributed by atoms with van der Waals surface area (Å²) in [4.78, 5) is 11.6. The molecule has 0 bridgehead atoms. The fraction of sp³-hybridized carbons (Fsp3) is 0.684. The molecule has 156 valence electrons. The van der Waals surface area contributed by atoms with E-state index in [9.17, 15) is 0 Å². The van der Waals surface area contributed by atoms with Gasteiger partial charge < -0.3 is 14.7 Å². The summed E-state index contributed by atoms with van der Waals surface area (Å²) in [6.07, 6.45) is 7.00. The van der Waals surface area contributed by atoms with E-state index >= 15 is 0 Å². The molecule has 9 heteroatoms. The van der Waals surface area contributed by atoms with E-state index in [1.165, 1.54) is 12.0 Å². The van der Waals surface area contributed by atoms with E-state index in [-0.39, 0.29) is 29.9 Å². The highest BCUT2D eigenvalue weighted by atomic mass is 127. The Balaban J connectivity index is 0.00000280. The minimum Gasteiger partial charge on any atom is -0.357 e. The summed E-state index contributed by atoms with van der Waals surface area (Å²) < 4.78 is 7.18. The normalized spacial score (nSPS) is 17.2. The van der Waals surface area contributed by atoms with Crippen molar-refractivity contribution in [3.8, 4) is 0 Å². The van der Waals surface area contributed by atoms with Gasteiger partial charge in [0.15, 0.2) is 11.8 Å². The molecule has 0 aromatic carbocycles. The Morgan fingerprint density at radius 3 is 2.89 bits per heavy atom. The van der Waals surface area contributed by atoms with Crippen LogP contribution in [0.25, 0.3) is 0 Å². The monoisotopic (exact) mass is 501 g/mol. The molecule has 1 unspecified atom stereocenters. The first kappa shape index (κ1) is 22.6. The third-order valence-corrected chi connectivity index (χ3v) is 4.79. The number of aliphatic imine (C=N–C) groups is 1. The Labute approximate surface area is 184 Å². The molecule has 3 heterocycles. The maximum atomic E-state index is 5.31. The van der Waals surface area contributed by atoms with Crippen LogP contribution in [-0.4, -0.2) is 57.0 Å². The molecule has 3 rings (SSSR count). The van der Waals surface area contributed by atoms with E-state index < -0.39 is 0 Å². The number of likely N-dealkylation sites (tertiary alicyclic amines) is 1. The number of aryl methyl sites for hydroxylation is 1.